The summed E-state index contributed by atoms with van der Waals surface area (Å²) in [6, 6.07) is 4.02. The normalized spacial score (nSPS) is 20.6. The fourth-order valence-electron chi connectivity index (χ4n) is 3.11. The van der Waals surface area contributed by atoms with Crippen molar-refractivity contribution in [2.45, 2.75) is 32.7 Å². The molecule has 2 aromatic rings. The molecule has 0 spiro atoms. The number of nitrogens with zero attached hydrogens (tertiary/aromatic N) is 4. The van der Waals surface area contributed by atoms with Gasteiger partial charge in [0.1, 0.15) is 5.82 Å². The average Bonchev–Trinajstić information content (AvgIpc) is 2.89. The third kappa shape index (κ3) is 2.69. The highest BCUT2D eigenvalue weighted by molar-refractivity contribution is 5.39. The van der Waals surface area contributed by atoms with Crippen LogP contribution in [0, 0.1) is 5.92 Å². The number of fused-ring (bicyclic) bond motifs is 1. The predicted octanol–water partition coefficient (Wildman–Crippen LogP) is 1.46. The van der Waals surface area contributed by atoms with Gasteiger partial charge in [0.25, 0.3) is 0 Å². The molecule has 0 aromatic carbocycles. The minimum Gasteiger partial charge on any atom is -0.326 e. The van der Waals surface area contributed by atoms with Crippen LogP contribution < -0.4 is 5.73 Å². The molecule has 0 aliphatic carbocycles. The van der Waals surface area contributed by atoms with Crippen molar-refractivity contribution in [2.75, 3.05) is 19.6 Å². The van der Waals surface area contributed by atoms with Crippen molar-refractivity contribution in [2.24, 2.45) is 11.7 Å². The molecule has 5 nitrogen and oxygen atoms in total. The van der Waals surface area contributed by atoms with Crippen LogP contribution in [-0.2, 0) is 13.0 Å². The summed E-state index contributed by atoms with van der Waals surface area (Å²) in [6.07, 6.45) is 5.67. The van der Waals surface area contributed by atoms with Gasteiger partial charge in [0, 0.05) is 25.7 Å². The van der Waals surface area contributed by atoms with E-state index >= 15 is 0 Å². The summed E-state index contributed by atoms with van der Waals surface area (Å²) in [7, 11) is 0. The second kappa shape index (κ2) is 5.89. The first-order chi connectivity index (χ1) is 9.80. The maximum Gasteiger partial charge on any atom is 0.160 e. The SMILES string of the molecule is CCN1CCCC(Cc2nnc3ccc(CN)cn23)C1. The standard InChI is InChI=1S/C15H23N5/c1-2-19-7-3-4-12(10-19)8-15-18-17-14-6-5-13(9-16)11-20(14)15/h5-6,11-12H,2-4,7-10,16H2,1H3. The van der Waals surface area contributed by atoms with E-state index in [0.29, 0.717) is 12.5 Å². The topological polar surface area (TPSA) is 59.5 Å². The molecule has 3 heterocycles. The van der Waals surface area contributed by atoms with Crippen molar-refractivity contribution in [3.05, 3.63) is 29.7 Å². The number of piperidine rings is 1. The maximum absolute atomic E-state index is 5.72. The zero-order valence-electron chi connectivity index (χ0n) is 12.1. The molecule has 0 radical (unpaired) electrons. The van der Waals surface area contributed by atoms with Crippen molar-refractivity contribution in [1.82, 2.24) is 19.5 Å². The molecule has 0 amide bonds. The van der Waals surface area contributed by atoms with Crippen LogP contribution in [0.2, 0.25) is 0 Å². The monoisotopic (exact) mass is 273 g/mol. The van der Waals surface area contributed by atoms with E-state index in [2.05, 4.69) is 32.6 Å². The number of rotatable bonds is 4. The first-order valence-corrected chi connectivity index (χ1v) is 7.55. The molecular weight excluding hydrogens is 250 g/mol. The first-order valence-electron chi connectivity index (χ1n) is 7.55. The van der Waals surface area contributed by atoms with Crippen molar-refractivity contribution in [3.8, 4) is 0 Å². The largest absolute Gasteiger partial charge is 0.326 e. The highest BCUT2D eigenvalue weighted by Gasteiger charge is 2.21. The van der Waals surface area contributed by atoms with E-state index in [1.165, 1.54) is 25.9 Å². The lowest BCUT2D eigenvalue weighted by Gasteiger charge is -2.31. The van der Waals surface area contributed by atoms with Crippen molar-refractivity contribution in [1.29, 1.82) is 0 Å². The summed E-state index contributed by atoms with van der Waals surface area (Å²) in [5.74, 6) is 1.76. The van der Waals surface area contributed by atoms with Gasteiger partial charge in [0.2, 0.25) is 0 Å². The molecule has 1 aliphatic rings. The smallest absolute Gasteiger partial charge is 0.160 e. The molecule has 0 bridgehead atoms. The summed E-state index contributed by atoms with van der Waals surface area (Å²) < 4.78 is 2.10. The van der Waals surface area contributed by atoms with E-state index in [4.69, 9.17) is 5.73 Å². The van der Waals surface area contributed by atoms with Gasteiger partial charge >= 0.3 is 0 Å². The highest BCUT2D eigenvalue weighted by atomic mass is 15.2. The second-order valence-electron chi connectivity index (χ2n) is 5.69. The Morgan fingerprint density at radius 3 is 3.05 bits per heavy atom. The van der Waals surface area contributed by atoms with E-state index < -0.39 is 0 Å². The molecule has 1 atom stereocenters. The van der Waals surface area contributed by atoms with Crippen LogP contribution in [0.25, 0.3) is 5.65 Å². The van der Waals surface area contributed by atoms with Gasteiger partial charge in [-0.05, 0) is 43.5 Å². The Labute approximate surface area is 119 Å². The van der Waals surface area contributed by atoms with Crippen LogP contribution in [-0.4, -0.2) is 39.1 Å². The molecule has 2 N–H and O–H groups in total. The van der Waals surface area contributed by atoms with Crippen LogP contribution in [0.4, 0.5) is 0 Å². The lowest BCUT2D eigenvalue weighted by Crippen LogP contribution is -2.36. The Kier molecular flexibility index (Phi) is 3.98. The molecule has 0 saturated carbocycles. The zero-order chi connectivity index (χ0) is 13.9. The summed E-state index contributed by atoms with van der Waals surface area (Å²) >= 11 is 0. The van der Waals surface area contributed by atoms with E-state index in [-0.39, 0.29) is 0 Å². The fourth-order valence-corrected chi connectivity index (χ4v) is 3.11. The first kappa shape index (κ1) is 13.5. The third-order valence-electron chi connectivity index (χ3n) is 4.29. The summed E-state index contributed by atoms with van der Waals surface area (Å²) in [6.45, 7) is 6.37. The number of hydrogen-bond acceptors (Lipinski definition) is 4. The summed E-state index contributed by atoms with van der Waals surface area (Å²) in [5.41, 5.74) is 7.76. The van der Waals surface area contributed by atoms with Gasteiger partial charge in [0.05, 0.1) is 0 Å². The van der Waals surface area contributed by atoms with Crippen LogP contribution in [0.5, 0.6) is 0 Å². The molecule has 5 heteroatoms. The molecule has 108 valence electrons. The van der Waals surface area contributed by atoms with Crippen molar-refractivity contribution < 1.29 is 0 Å². The van der Waals surface area contributed by atoms with Gasteiger partial charge in [-0.15, -0.1) is 10.2 Å². The van der Waals surface area contributed by atoms with E-state index in [1.54, 1.807) is 0 Å². The van der Waals surface area contributed by atoms with Gasteiger partial charge in [0.15, 0.2) is 5.65 Å². The molecule has 1 fully saturated rings. The molecule has 20 heavy (non-hydrogen) atoms. The second-order valence-corrected chi connectivity index (χ2v) is 5.69. The lowest BCUT2D eigenvalue weighted by atomic mass is 9.94. The predicted molar refractivity (Wildman–Crippen MR) is 79.4 cm³/mol. The number of pyridine rings is 1. The maximum atomic E-state index is 5.72. The van der Waals surface area contributed by atoms with Gasteiger partial charge in [-0.3, -0.25) is 4.40 Å². The van der Waals surface area contributed by atoms with E-state index in [0.717, 1.165) is 30.0 Å². The molecule has 3 rings (SSSR count). The minimum atomic E-state index is 0.556. The third-order valence-corrected chi connectivity index (χ3v) is 4.29. The van der Waals surface area contributed by atoms with Crippen LogP contribution in [0.3, 0.4) is 0 Å². The molecule has 1 unspecified atom stereocenters. The van der Waals surface area contributed by atoms with Crippen LogP contribution in [0.15, 0.2) is 18.3 Å². The number of hydrogen-bond donors (Lipinski definition) is 1. The van der Waals surface area contributed by atoms with E-state index in [1.807, 2.05) is 12.1 Å². The Hall–Kier alpha value is -1.46. The zero-order valence-corrected chi connectivity index (χ0v) is 12.1. The van der Waals surface area contributed by atoms with E-state index in [9.17, 15) is 0 Å². The lowest BCUT2D eigenvalue weighted by molar-refractivity contribution is 0.180. The Bertz CT molecular complexity index is 577. The number of nitrogens with two attached hydrogens (primary N) is 1. The number of likely N-dealkylation sites (tertiary alicyclic amines) is 1. The molecule has 1 aliphatic heterocycles. The fraction of sp³-hybridized carbons (Fsp3) is 0.600. The Morgan fingerprint density at radius 1 is 1.35 bits per heavy atom. The van der Waals surface area contributed by atoms with Crippen molar-refractivity contribution >= 4 is 5.65 Å². The van der Waals surface area contributed by atoms with Crippen LogP contribution >= 0.6 is 0 Å². The van der Waals surface area contributed by atoms with Crippen LogP contribution in [0.1, 0.15) is 31.2 Å². The van der Waals surface area contributed by atoms with Gasteiger partial charge in [-0.1, -0.05) is 13.0 Å². The quantitative estimate of drug-likeness (QED) is 0.916. The van der Waals surface area contributed by atoms with Crippen molar-refractivity contribution in [3.63, 3.8) is 0 Å². The highest BCUT2D eigenvalue weighted by Crippen LogP contribution is 2.20. The van der Waals surface area contributed by atoms with Gasteiger partial charge in [-0.25, -0.2) is 0 Å². The summed E-state index contributed by atoms with van der Waals surface area (Å²) in [4.78, 5) is 2.53. The van der Waals surface area contributed by atoms with Gasteiger partial charge in [-0.2, -0.15) is 0 Å². The minimum absolute atomic E-state index is 0.556. The summed E-state index contributed by atoms with van der Waals surface area (Å²) in [5, 5.41) is 8.63. The Morgan fingerprint density at radius 2 is 2.25 bits per heavy atom. The number of aromatic nitrogens is 3. The molecule has 2 aromatic heterocycles. The Balaban J connectivity index is 1.79. The van der Waals surface area contributed by atoms with Gasteiger partial charge < -0.3 is 10.6 Å². The molecular formula is C15H23N5. The molecule has 1 saturated heterocycles. The average molecular weight is 273 g/mol.